The number of nitrogens with zero attached hydrogens (tertiary/aromatic N) is 1. The summed E-state index contributed by atoms with van der Waals surface area (Å²) < 4.78 is 4.86. The van der Waals surface area contributed by atoms with Crippen molar-refractivity contribution in [1.29, 1.82) is 0 Å². The predicted octanol–water partition coefficient (Wildman–Crippen LogP) is 2.41. The highest BCUT2D eigenvalue weighted by molar-refractivity contribution is 5.96. The highest BCUT2D eigenvalue weighted by atomic mass is 16.5. The molecular weight excluding hydrogens is 190 g/mol. The standard InChI is InChI=1S/C11H9N3O/c12-11-9(6-14-15-11)7-2-1-3-10-8(7)4-5-13-10/h1-6,13H,12H2. The highest BCUT2D eigenvalue weighted by Gasteiger charge is 2.10. The summed E-state index contributed by atoms with van der Waals surface area (Å²) in [6.07, 6.45) is 3.54. The van der Waals surface area contributed by atoms with Gasteiger partial charge in [0, 0.05) is 17.1 Å². The van der Waals surface area contributed by atoms with E-state index in [4.69, 9.17) is 10.3 Å². The van der Waals surface area contributed by atoms with Crippen LogP contribution in [0.2, 0.25) is 0 Å². The second-order valence-electron chi connectivity index (χ2n) is 3.35. The average Bonchev–Trinajstić information content (AvgIpc) is 2.85. The summed E-state index contributed by atoms with van der Waals surface area (Å²) in [5, 5.41) is 4.80. The number of benzene rings is 1. The predicted molar refractivity (Wildman–Crippen MR) is 58.2 cm³/mol. The molecule has 2 heterocycles. The van der Waals surface area contributed by atoms with Crippen LogP contribution in [0, 0.1) is 0 Å². The van der Waals surface area contributed by atoms with Gasteiger partial charge in [-0.05, 0) is 17.7 Å². The molecular formula is C11H9N3O. The molecule has 3 rings (SSSR count). The third-order valence-electron chi connectivity index (χ3n) is 2.48. The highest BCUT2D eigenvalue weighted by Crippen LogP contribution is 2.31. The first-order valence-electron chi connectivity index (χ1n) is 4.63. The lowest BCUT2D eigenvalue weighted by Crippen LogP contribution is -1.84. The first-order valence-corrected chi connectivity index (χ1v) is 4.63. The van der Waals surface area contributed by atoms with E-state index in [0.29, 0.717) is 5.88 Å². The zero-order valence-corrected chi connectivity index (χ0v) is 7.90. The molecule has 74 valence electrons. The third-order valence-corrected chi connectivity index (χ3v) is 2.48. The van der Waals surface area contributed by atoms with Gasteiger partial charge in [-0.2, -0.15) is 0 Å². The van der Waals surface area contributed by atoms with E-state index in [-0.39, 0.29) is 0 Å². The number of nitrogens with one attached hydrogen (secondary N) is 1. The molecule has 0 fully saturated rings. The fraction of sp³-hybridized carbons (Fsp3) is 0. The normalized spacial score (nSPS) is 10.9. The Hall–Kier alpha value is -2.23. The second-order valence-corrected chi connectivity index (χ2v) is 3.35. The number of rotatable bonds is 1. The molecule has 0 atom stereocenters. The Morgan fingerprint density at radius 3 is 2.93 bits per heavy atom. The zero-order chi connectivity index (χ0) is 10.3. The quantitative estimate of drug-likeness (QED) is 0.632. The maximum Gasteiger partial charge on any atom is 0.229 e. The van der Waals surface area contributed by atoms with E-state index < -0.39 is 0 Å². The van der Waals surface area contributed by atoms with E-state index in [1.54, 1.807) is 6.20 Å². The molecule has 0 spiro atoms. The number of anilines is 1. The van der Waals surface area contributed by atoms with Crippen molar-refractivity contribution >= 4 is 16.8 Å². The zero-order valence-electron chi connectivity index (χ0n) is 7.90. The van der Waals surface area contributed by atoms with Gasteiger partial charge in [-0.15, -0.1) is 0 Å². The van der Waals surface area contributed by atoms with Crippen LogP contribution < -0.4 is 5.73 Å². The van der Waals surface area contributed by atoms with Gasteiger partial charge in [0.05, 0.1) is 11.8 Å². The fourth-order valence-electron chi connectivity index (χ4n) is 1.77. The van der Waals surface area contributed by atoms with Crippen LogP contribution in [0.5, 0.6) is 0 Å². The van der Waals surface area contributed by atoms with Crippen molar-refractivity contribution in [2.45, 2.75) is 0 Å². The first kappa shape index (κ1) is 8.11. The van der Waals surface area contributed by atoms with Crippen LogP contribution in [0.25, 0.3) is 22.0 Å². The van der Waals surface area contributed by atoms with Gasteiger partial charge in [-0.25, -0.2) is 0 Å². The Morgan fingerprint density at radius 1 is 1.20 bits per heavy atom. The van der Waals surface area contributed by atoms with Gasteiger partial charge in [0.1, 0.15) is 0 Å². The van der Waals surface area contributed by atoms with Crippen LogP contribution in [-0.2, 0) is 0 Å². The van der Waals surface area contributed by atoms with E-state index in [0.717, 1.165) is 22.0 Å². The summed E-state index contributed by atoms with van der Waals surface area (Å²) in [6, 6.07) is 8.00. The van der Waals surface area contributed by atoms with Crippen molar-refractivity contribution in [3.63, 3.8) is 0 Å². The Labute approximate surface area is 85.7 Å². The van der Waals surface area contributed by atoms with Crippen molar-refractivity contribution in [1.82, 2.24) is 10.1 Å². The van der Waals surface area contributed by atoms with Gasteiger partial charge in [0.15, 0.2) is 0 Å². The van der Waals surface area contributed by atoms with Gasteiger partial charge < -0.3 is 15.2 Å². The Kier molecular flexibility index (Phi) is 1.56. The molecule has 0 bridgehead atoms. The molecule has 4 nitrogen and oxygen atoms in total. The monoisotopic (exact) mass is 199 g/mol. The summed E-state index contributed by atoms with van der Waals surface area (Å²) in [7, 11) is 0. The number of hydrogen-bond acceptors (Lipinski definition) is 3. The van der Waals surface area contributed by atoms with Gasteiger partial charge in [0.2, 0.25) is 5.88 Å². The summed E-state index contributed by atoms with van der Waals surface area (Å²) in [4.78, 5) is 3.15. The van der Waals surface area contributed by atoms with Crippen LogP contribution in [0.4, 0.5) is 5.88 Å². The van der Waals surface area contributed by atoms with Gasteiger partial charge in [-0.3, -0.25) is 0 Å². The SMILES string of the molecule is Nc1oncc1-c1cccc2[nH]ccc12. The largest absolute Gasteiger partial charge is 0.367 e. The van der Waals surface area contributed by atoms with E-state index in [1.165, 1.54) is 0 Å². The molecule has 0 amide bonds. The van der Waals surface area contributed by atoms with Gasteiger partial charge in [-0.1, -0.05) is 17.3 Å². The van der Waals surface area contributed by atoms with Crippen LogP contribution in [-0.4, -0.2) is 10.1 Å². The lowest BCUT2D eigenvalue weighted by molar-refractivity contribution is 0.436. The lowest BCUT2D eigenvalue weighted by Gasteiger charge is -1.99. The third kappa shape index (κ3) is 1.11. The van der Waals surface area contributed by atoms with Crippen molar-refractivity contribution < 1.29 is 4.52 Å². The van der Waals surface area contributed by atoms with Crippen LogP contribution >= 0.6 is 0 Å². The molecule has 0 aliphatic heterocycles. The summed E-state index contributed by atoms with van der Waals surface area (Å²) in [5.41, 5.74) is 8.64. The van der Waals surface area contributed by atoms with E-state index in [9.17, 15) is 0 Å². The number of hydrogen-bond donors (Lipinski definition) is 2. The molecule has 0 saturated carbocycles. The molecule has 4 heteroatoms. The maximum absolute atomic E-state index is 5.69. The maximum atomic E-state index is 5.69. The van der Waals surface area contributed by atoms with Crippen molar-refractivity contribution in [2.24, 2.45) is 0 Å². The van der Waals surface area contributed by atoms with E-state index in [1.807, 2.05) is 30.5 Å². The Bertz CT molecular complexity index is 609. The Balaban J connectivity index is 2.36. The van der Waals surface area contributed by atoms with Crippen LogP contribution in [0.1, 0.15) is 0 Å². The number of aromatic nitrogens is 2. The van der Waals surface area contributed by atoms with Crippen LogP contribution in [0.15, 0.2) is 41.2 Å². The molecule has 0 unspecified atom stereocenters. The minimum Gasteiger partial charge on any atom is -0.367 e. The summed E-state index contributed by atoms with van der Waals surface area (Å²) in [5.74, 6) is 0.351. The van der Waals surface area contributed by atoms with Gasteiger partial charge in [0.25, 0.3) is 0 Å². The molecule has 0 aliphatic rings. The molecule has 0 saturated heterocycles. The van der Waals surface area contributed by atoms with E-state index in [2.05, 4.69) is 10.1 Å². The number of aromatic amines is 1. The number of nitrogen functional groups attached to an aromatic ring is 1. The van der Waals surface area contributed by atoms with Crippen molar-refractivity contribution in [3.8, 4) is 11.1 Å². The average molecular weight is 199 g/mol. The Morgan fingerprint density at radius 2 is 2.13 bits per heavy atom. The summed E-state index contributed by atoms with van der Waals surface area (Å²) in [6.45, 7) is 0. The second kappa shape index (κ2) is 2.88. The molecule has 2 aromatic heterocycles. The molecule has 15 heavy (non-hydrogen) atoms. The van der Waals surface area contributed by atoms with Crippen LogP contribution in [0.3, 0.4) is 0 Å². The number of H-pyrrole nitrogens is 1. The van der Waals surface area contributed by atoms with Crippen molar-refractivity contribution in [3.05, 3.63) is 36.7 Å². The van der Waals surface area contributed by atoms with Crippen molar-refractivity contribution in [2.75, 3.05) is 5.73 Å². The smallest absolute Gasteiger partial charge is 0.229 e. The van der Waals surface area contributed by atoms with Gasteiger partial charge >= 0.3 is 0 Å². The summed E-state index contributed by atoms with van der Waals surface area (Å²) >= 11 is 0. The number of nitrogens with two attached hydrogens (primary N) is 1. The minimum absolute atomic E-state index is 0.351. The lowest BCUT2D eigenvalue weighted by atomic mass is 10.0. The number of fused-ring (bicyclic) bond motifs is 1. The molecule has 1 aromatic carbocycles. The molecule has 0 radical (unpaired) electrons. The minimum atomic E-state index is 0.351. The topological polar surface area (TPSA) is 67.8 Å². The molecule has 3 N–H and O–H groups in total. The molecule has 0 aliphatic carbocycles. The molecule has 3 aromatic rings. The first-order chi connectivity index (χ1) is 7.36. The fourth-order valence-corrected chi connectivity index (χ4v) is 1.77. The van der Waals surface area contributed by atoms with E-state index >= 15 is 0 Å².